The number of hydrogen-bond acceptors (Lipinski definition) is 0. The fraction of sp³-hybridized carbons (Fsp3) is 0. The summed E-state index contributed by atoms with van der Waals surface area (Å²) >= 11 is 0. The van der Waals surface area contributed by atoms with E-state index in [0.29, 0.717) is 0 Å². The van der Waals surface area contributed by atoms with Crippen molar-refractivity contribution in [3.05, 3.63) is 0 Å². The maximum atomic E-state index is 0. The smallest absolute Gasteiger partial charge is 1.00 e. The monoisotopic (exact) mass is 222 g/mol. The second kappa shape index (κ2) is 67.0. The van der Waals surface area contributed by atoms with Gasteiger partial charge in [-0.25, -0.2) is 0 Å². The van der Waals surface area contributed by atoms with Crippen LogP contribution in [0.4, 0.5) is 4.70 Å². The molecule has 0 heterocycles. The van der Waals surface area contributed by atoms with Gasteiger partial charge in [0.25, 0.3) is 0 Å². The van der Waals surface area contributed by atoms with E-state index in [4.69, 9.17) is 0 Å². The molecule has 0 aliphatic rings. The van der Waals surface area contributed by atoms with E-state index in [1.165, 1.54) is 0 Å². The minimum absolute atomic E-state index is 0. The zero-order chi connectivity index (χ0) is 0. The van der Waals surface area contributed by atoms with E-state index in [0.717, 1.165) is 0 Å². The van der Waals surface area contributed by atoms with Crippen molar-refractivity contribution in [3.8, 4) is 0 Å². The van der Waals surface area contributed by atoms with E-state index in [-0.39, 0.29) is 86.6 Å². The number of hydrogen-bond donors (Lipinski definition) is 0. The Kier molecular flexibility index (Phi) is 1170. The Morgan fingerprint density at radius 2 is 0.667 bits per heavy atom. The van der Waals surface area contributed by atoms with Gasteiger partial charge in [-0.2, -0.15) is 0 Å². The van der Waals surface area contributed by atoms with E-state index in [1.807, 2.05) is 0 Å². The molecule has 6 heavy (non-hydrogen) atoms. The molecule has 0 N–H and O–H groups in total. The van der Waals surface area contributed by atoms with Crippen LogP contribution in [0.2, 0.25) is 0 Å². The molecule has 0 rings (SSSR count). The van der Waals surface area contributed by atoms with Crippen LogP contribution in [0.25, 0.3) is 0 Å². The Hall–Kier alpha value is 1.89. The molecule has 0 aromatic rings. The van der Waals surface area contributed by atoms with Crippen LogP contribution in [0.3, 0.4) is 0 Å². The van der Waals surface area contributed by atoms with E-state index >= 15 is 0 Å². The summed E-state index contributed by atoms with van der Waals surface area (Å²) in [6.45, 7) is 0. The Morgan fingerprint density at radius 1 is 0.667 bits per heavy atom. The minimum atomic E-state index is 0. The van der Waals surface area contributed by atoms with Crippen molar-refractivity contribution in [1.29, 1.82) is 0 Å². The quantitative estimate of drug-likeness (QED) is 0.281. The third-order valence-corrected chi connectivity index (χ3v) is 0. The predicted octanol–water partition coefficient (Wildman–Crippen LogP) is -12.2. The summed E-state index contributed by atoms with van der Waals surface area (Å²) in [7, 11) is 0. The summed E-state index contributed by atoms with van der Waals surface area (Å²) in [6.07, 6.45) is 0. The average Bonchev–Trinajstić information content (AvgIpc) is 0. The van der Waals surface area contributed by atoms with Gasteiger partial charge in [-0.3, -0.25) is 4.70 Å². The zero-order valence-corrected chi connectivity index (χ0v) is 7.69. The fourth-order valence-corrected chi connectivity index (χ4v) is 0. The SMILES string of the molecule is F.[Ba+2].[F-].[F-].[F-].[Li+]. The third-order valence-electron chi connectivity index (χ3n) is 0. The van der Waals surface area contributed by atoms with Crippen LogP contribution < -0.4 is 33.0 Å². The van der Waals surface area contributed by atoms with Crippen LogP contribution in [0.1, 0.15) is 0 Å². The van der Waals surface area contributed by atoms with Crippen LogP contribution in [-0.4, -0.2) is 48.9 Å². The summed E-state index contributed by atoms with van der Waals surface area (Å²) in [5, 5.41) is 0. The molecule has 0 aliphatic carbocycles. The molecule has 0 unspecified atom stereocenters. The zero-order valence-electron chi connectivity index (χ0n) is 3.25. The molecule has 32 valence electrons. The molecule has 0 fully saturated rings. The van der Waals surface area contributed by atoms with Crippen molar-refractivity contribution in [1.82, 2.24) is 0 Å². The van der Waals surface area contributed by atoms with Gasteiger partial charge >= 0.3 is 67.7 Å². The Morgan fingerprint density at radius 3 is 0.667 bits per heavy atom. The molecule has 0 radical (unpaired) electrons. The maximum absolute atomic E-state index is 0. The molecule has 0 spiro atoms. The summed E-state index contributed by atoms with van der Waals surface area (Å²) in [5.41, 5.74) is 0. The average molecular weight is 221 g/mol. The van der Waals surface area contributed by atoms with E-state index in [2.05, 4.69) is 0 Å². The van der Waals surface area contributed by atoms with Gasteiger partial charge in [0.2, 0.25) is 0 Å². The molecule has 6 heteroatoms. The molecular formula is HBaF4Li. The van der Waals surface area contributed by atoms with Crippen molar-refractivity contribution in [2.24, 2.45) is 0 Å². The van der Waals surface area contributed by atoms with Gasteiger partial charge < -0.3 is 14.1 Å². The normalized spacial score (nSPS) is 0. The summed E-state index contributed by atoms with van der Waals surface area (Å²) in [6, 6.07) is 0. The number of rotatable bonds is 0. The van der Waals surface area contributed by atoms with Gasteiger partial charge in [0.15, 0.2) is 0 Å². The van der Waals surface area contributed by atoms with Crippen LogP contribution >= 0.6 is 0 Å². The third kappa shape index (κ3) is 39.5. The van der Waals surface area contributed by atoms with Crippen molar-refractivity contribution in [2.45, 2.75) is 0 Å². The van der Waals surface area contributed by atoms with Crippen LogP contribution in [-0.2, 0) is 0 Å². The van der Waals surface area contributed by atoms with E-state index in [9.17, 15) is 0 Å². The van der Waals surface area contributed by atoms with Crippen molar-refractivity contribution >= 4 is 48.9 Å². The molecule has 0 aromatic heterocycles. The Balaban J connectivity index is 0. The Bertz CT molecular complexity index is 7.51. The van der Waals surface area contributed by atoms with Crippen molar-refractivity contribution in [3.63, 3.8) is 0 Å². The first-order valence-corrected chi connectivity index (χ1v) is 0. The topological polar surface area (TPSA) is 0 Å². The standard InChI is InChI=1S/Ba.4FH.Li/h;4*1H;/q+2;;;;;+1/p-3. The second-order valence-electron chi connectivity index (χ2n) is 0. The molecule has 0 aromatic carbocycles. The summed E-state index contributed by atoms with van der Waals surface area (Å²) < 4.78 is 0. The van der Waals surface area contributed by atoms with Crippen molar-refractivity contribution < 1.29 is 37.7 Å². The largest absolute Gasteiger partial charge is 2.00 e. The molecule has 0 atom stereocenters. The van der Waals surface area contributed by atoms with Crippen LogP contribution in [0, 0.1) is 0 Å². The first-order chi connectivity index (χ1) is 0. The first kappa shape index (κ1) is 105. The molecular weight excluding hydrogens is 220 g/mol. The minimum Gasteiger partial charge on any atom is -1.00 e. The first-order valence-electron chi connectivity index (χ1n) is 0. The van der Waals surface area contributed by atoms with Crippen molar-refractivity contribution in [2.75, 3.05) is 0 Å². The summed E-state index contributed by atoms with van der Waals surface area (Å²) in [4.78, 5) is 0. The number of halogens is 4. The van der Waals surface area contributed by atoms with Gasteiger partial charge in [0.1, 0.15) is 0 Å². The summed E-state index contributed by atoms with van der Waals surface area (Å²) in [5.74, 6) is 0. The Labute approximate surface area is 85.2 Å². The van der Waals surface area contributed by atoms with Crippen LogP contribution in [0.5, 0.6) is 0 Å². The molecule has 0 aliphatic heterocycles. The van der Waals surface area contributed by atoms with E-state index in [1.54, 1.807) is 0 Å². The van der Waals surface area contributed by atoms with Crippen LogP contribution in [0.15, 0.2) is 0 Å². The van der Waals surface area contributed by atoms with E-state index < -0.39 is 0 Å². The predicted molar refractivity (Wildman–Crippen MR) is 8.26 cm³/mol. The molecule has 0 bridgehead atoms. The molecule has 0 saturated carbocycles. The molecule has 0 nitrogen and oxygen atoms in total. The van der Waals surface area contributed by atoms with Gasteiger partial charge in [-0.05, 0) is 0 Å². The molecule has 0 amide bonds. The van der Waals surface area contributed by atoms with Gasteiger partial charge in [0.05, 0.1) is 0 Å². The maximum Gasteiger partial charge on any atom is 2.00 e. The van der Waals surface area contributed by atoms with Gasteiger partial charge in [-0.1, -0.05) is 0 Å². The van der Waals surface area contributed by atoms with Gasteiger partial charge in [-0.15, -0.1) is 0 Å². The fourth-order valence-electron chi connectivity index (χ4n) is 0. The molecule has 0 saturated heterocycles. The van der Waals surface area contributed by atoms with Gasteiger partial charge in [0, 0.05) is 0 Å². The second-order valence-corrected chi connectivity index (χ2v) is 0.